The number of carbonyl (C=O) groups excluding carboxylic acids is 3. The van der Waals surface area contributed by atoms with Gasteiger partial charge in [-0.3, -0.25) is 19.3 Å². The highest BCUT2D eigenvalue weighted by atomic mass is 35.5. The number of imide groups is 1. The first-order valence-corrected chi connectivity index (χ1v) is 9.06. The van der Waals surface area contributed by atoms with Gasteiger partial charge in [-0.1, -0.05) is 47.5 Å². The number of nitrogens with zero attached hydrogens (tertiary/aromatic N) is 1. The lowest BCUT2D eigenvalue weighted by Gasteiger charge is -2.13. The second-order valence-corrected chi connectivity index (χ2v) is 7.18. The van der Waals surface area contributed by atoms with Crippen LogP contribution >= 0.6 is 35.0 Å². The van der Waals surface area contributed by atoms with Crippen LogP contribution in [0.1, 0.15) is 5.56 Å². The molecule has 2 aromatic rings. The maximum absolute atomic E-state index is 12.4. The summed E-state index contributed by atoms with van der Waals surface area (Å²) in [7, 11) is 0. The molecule has 5 nitrogen and oxygen atoms in total. The van der Waals surface area contributed by atoms with Crippen LogP contribution in [0.3, 0.4) is 0 Å². The molecular formula is C18H12Cl2N2O3S. The molecule has 0 aromatic heterocycles. The Morgan fingerprint density at radius 1 is 1.08 bits per heavy atom. The van der Waals surface area contributed by atoms with Crippen molar-refractivity contribution in [1.29, 1.82) is 0 Å². The van der Waals surface area contributed by atoms with E-state index in [1.54, 1.807) is 54.6 Å². The van der Waals surface area contributed by atoms with Gasteiger partial charge in [0.15, 0.2) is 0 Å². The van der Waals surface area contributed by atoms with E-state index in [2.05, 4.69) is 5.32 Å². The van der Waals surface area contributed by atoms with E-state index in [1.165, 1.54) is 0 Å². The summed E-state index contributed by atoms with van der Waals surface area (Å²) < 4.78 is 0. The third kappa shape index (κ3) is 4.27. The zero-order chi connectivity index (χ0) is 18.7. The fourth-order valence-corrected chi connectivity index (χ4v) is 3.39. The number of amides is 3. The van der Waals surface area contributed by atoms with Gasteiger partial charge >= 0.3 is 0 Å². The van der Waals surface area contributed by atoms with Crippen LogP contribution in [0.2, 0.25) is 10.0 Å². The van der Waals surface area contributed by atoms with Crippen LogP contribution in [0, 0.1) is 0 Å². The first-order chi connectivity index (χ1) is 12.4. The molecule has 1 fully saturated rings. The van der Waals surface area contributed by atoms with Gasteiger partial charge in [-0.2, -0.15) is 0 Å². The SMILES string of the molecule is O=C(CN1C(=O)S/C(=C/c2ccc(Cl)cc2)C1=O)Nc1ccccc1Cl. The summed E-state index contributed by atoms with van der Waals surface area (Å²) in [6, 6.07) is 13.6. The number of nitrogens with one attached hydrogen (secondary N) is 1. The number of para-hydroxylation sites is 1. The third-order valence-corrected chi connectivity index (χ3v) is 4.98. The first-order valence-electron chi connectivity index (χ1n) is 7.49. The minimum absolute atomic E-state index is 0.253. The number of hydrogen-bond donors (Lipinski definition) is 1. The highest BCUT2D eigenvalue weighted by Crippen LogP contribution is 2.32. The van der Waals surface area contributed by atoms with E-state index in [9.17, 15) is 14.4 Å². The molecule has 2 aromatic carbocycles. The Labute approximate surface area is 164 Å². The Morgan fingerprint density at radius 3 is 2.46 bits per heavy atom. The average molecular weight is 407 g/mol. The summed E-state index contributed by atoms with van der Waals surface area (Å²) in [5.41, 5.74) is 1.16. The Morgan fingerprint density at radius 2 is 1.77 bits per heavy atom. The van der Waals surface area contributed by atoms with E-state index in [0.29, 0.717) is 15.7 Å². The Hall–Kier alpha value is -2.28. The number of carbonyl (C=O) groups is 3. The molecule has 1 aliphatic rings. The van der Waals surface area contributed by atoms with E-state index >= 15 is 0 Å². The molecule has 1 N–H and O–H groups in total. The lowest BCUT2D eigenvalue weighted by molar-refractivity contribution is -0.127. The highest BCUT2D eigenvalue weighted by molar-refractivity contribution is 8.18. The van der Waals surface area contributed by atoms with E-state index in [-0.39, 0.29) is 11.4 Å². The van der Waals surface area contributed by atoms with Crippen molar-refractivity contribution in [1.82, 2.24) is 4.90 Å². The monoisotopic (exact) mass is 406 g/mol. The smallest absolute Gasteiger partial charge is 0.294 e. The van der Waals surface area contributed by atoms with Gasteiger partial charge in [-0.05, 0) is 47.7 Å². The number of rotatable bonds is 4. The van der Waals surface area contributed by atoms with Gasteiger partial charge in [0.25, 0.3) is 11.1 Å². The quantitative estimate of drug-likeness (QED) is 0.749. The van der Waals surface area contributed by atoms with Crippen LogP contribution in [-0.4, -0.2) is 28.5 Å². The van der Waals surface area contributed by atoms with Crippen LogP contribution in [0.25, 0.3) is 6.08 Å². The summed E-state index contributed by atoms with van der Waals surface area (Å²) in [6.07, 6.45) is 1.59. The predicted molar refractivity (Wildman–Crippen MR) is 104 cm³/mol. The van der Waals surface area contributed by atoms with Crippen molar-refractivity contribution in [3.8, 4) is 0 Å². The largest absolute Gasteiger partial charge is 0.323 e. The van der Waals surface area contributed by atoms with Crippen LogP contribution < -0.4 is 5.32 Å². The molecule has 0 saturated carbocycles. The van der Waals surface area contributed by atoms with Crippen LogP contribution in [-0.2, 0) is 9.59 Å². The van der Waals surface area contributed by atoms with Crippen molar-refractivity contribution >= 4 is 63.8 Å². The number of anilines is 1. The highest BCUT2D eigenvalue weighted by Gasteiger charge is 2.36. The minimum atomic E-state index is -0.510. The summed E-state index contributed by atoms with van der Waals surface area (Å²) in [4.78, 5) is 37.8. The van der Waals surface area contributed by atoms with E-state index < -0.39 is 17.1 Å². The molecule has 1 saturated heterocycles. The Bertz CT molecular complexity index is 913. The summed E-state index contributed by atoms with van der Waals surface area (Å²) in [6.45, 7) is -0.381. The van der Waals surface area contributed by atoms with Gasteiger partial charge in [0.1, 0.15) is 6.54 Å². The van der Waals surface area contributed by atoms with Crippen LogP contribution in [0.5, 0.6) is 0 Å². The lowest BCUT2D eigenvalue weighted by atomic mass is 10.2. The molecule has 0 radical (unpaired) electrons. The predicted octanol–water partition coefficient (Wildman–Crippen LogP) is 4.67. The van der Waals surface area contributed by atoms with Crippen LogP contribution in [0.15, 0.2) is 53.4 Å². The first kappa shape index (κ1) is 18.5. The van der Waals surface area contributed by atoms with Crippen LogP contribution in [0.4, 0.5) is 10.5 Å². The maximum atomic E-state index is 12.4. The molecule has 1 aliphatic heterocycles. The molecule has 26 heavy (non-hydrogen) atoms. The topological polar surface area (TPSA) is 66.5 Å². The molecule has 0 bridgehead atoms. The Kier molecular flexibility index (Phi) is 5.66. The van der Waals surface area contributed by atoms with Gasteiger partial charge in [0, 0.05) is 5.02 Å². The molecule has 0 spiro atoms. The normalized spacial score (nSPS) is 15.6. The average Bonchev–Trinajstić information content (AvgIpc) is 2.86. The van der Waals surface area contributed by atoms with Gasteiger partial charge < -0.3 is 5.32 Å². The van der Waals surface area contributed by atoms with Crippen molar-refractivity contribution in [3.05, 3.63) is 69.0 Å². The molecule has 0 atom stereocenters. The molecule has 3 amide bonds. The zero-order valence-corrected chi connectivity index (χ0v) is 15.6. The van der Waals surface area contributed by atoms with Crippen molar-refractivity contribution in [2.75, 3.05) is 11.9 Å². The number of benzene rings is 2. The van der Waals surface area contributed by atoms with Crippen molar-refractivity contribution < 1.29 is 14.4 Å². The molecule has 0 aliphatic carbocycles. The molecular weight excluding hydrogens is 395 g/mol. The van der Waals surface area contributed by atoms with Gasteiger partial charge in [0.05, 0.1) is 15.6 Å². The number of hydrogen-bond acceptors (Lipinski definition) is 4. The number of thioether (sulfide) groups is 1. The molecule has 8 heteroatoms. The number of halogens is 2. The third-order valence-electron chi connectivity index (χ3n) is 3.49. The Balaban J connectivity index is 1.70. The van der Waals surface area contributed by atoms with E-state index in [0.717, 1.165) is 22.2 Å². The van der Waals surface area contributed by atoms with E-state index in [4.69, 9.17) is 23.2 Å². The fourth-order valence-electron chi connectivity index (χ4n) is 2.24. The van der Waals surface area contributed by atoms with Crippen molar-refractivity contribution in [2.24, 2.45) is 0 Å². The van der Waals surface area contributed by atoms with Gasteiger partial charge in [-0.25, -0.2) is 0 Å². The molecule has 3 rings (SSSR count). The second-order valence-electron chi connectivity index (χ2n) is 5.35. The zero-order valence-electron chi connectivity index (χ0n) is 13.2. The summed E-state index contributed by atoms with van der Waals surface area (Å²) >= 11 is 12.6. The molecule has 1 heterocycles. The lowest BCUT2D eigenvalue weighted by Crippen LogP contribution is -2.36. The minimum Gasteiger partial charge on any atom is -0.323 e. The van der Waals surface area contributed by atoms with Crippen molar-refractivity contribution in [3.63, 3.8) is 0 Å². The summed E-state index contributed by atoms with van der Waals surface area (Å²) in [5, 5.41) is 3.04. The van der Waals surface area contributed by atoms with E-state index in [1.807, 2.05) is 0 Å². The van der Waals surface area contributed by atoms with Crippen molar-refractivity contribution in [2.45, 2.75) is 0 Å². The molecule has 132 valence electrons. The maximum Gasteiger partial charge on any atom is 0.294 e. The van der Waals surface area contributed by atoms with Gasteiger partial charge in [0.2, 0.25) is 5.91 Å². The molecule has 0 unspecified atom stereocenters. The second kappa shape index (κ2) is 7.95. The standard InChI is InChI=1S/C18H12Cl2N2O3S/c19-12-7-5-11(6-8-12)9-15-17(24)22(18(25)26-15)10-16(23)21-14-4-2-1-3-13(14)20/h1-9H,10H2,(H,21,23)/b15-9+. The fraction of sp³-hybridized carbons (Fsp3) is 0.0556. The van der Waals surface area contributed by atoms with Gasteiger partial charge in [-0.15, -0.1) is 0 Å². The summed E-state index contributed by atoms with van der Waals surface area (Å²) in [5.74, 6) is -1.02.